The highest BCUT2D eigenvalue weighted by atomic mass is 16.3. The van der Waals surface area contributed by atoms with E-state index in [1.165, 1.54) is 83.0 Å². The number of aryl methyl sites for hydroxylation is 4. The molecule has 8 bridgehead atoms. The fourth-order valence-corrected chi connectivity index (χ4v) is 7.16. The molecule has 0 amide bonds. The van der Waals surface area contributed by atoms with Crippen molar-refractivity contribution < 1.29 is 5.11 Å². The number of nitrogens with zero attached hydrogens (tertiary/aromatic N) is 2. The van der Waals surface area contributed by atoms with Gasteiger partial charge >= 0.3 is 0 Å². The van der Waals surface area contributed by atoms with Crippen molar-refractivity contribution in [3.05, 3.63) is 87.5 Å². The molecule has 0 unspecified atom stereocenters. The molecule has 0 saturated carbocycles. The summed E-state index contributed by atoms with van der Waals surface area (Å²) < 4.78 is 0. The van der Waals surface area contributed by atoms with E-state index in [2.05, 4.69) is 83.6 Å². The molecule has 3 aromatic heterocycles. The number of phenolic OH excluding ortho intramolecular Hbond substituents is 1. The first kappa shape index (κ1) is 32.6. The molecule has 0 aliphatic carbocycles. The smallest absolute Gasteiger partial charge is 0.115 e. The lowest BCUT2D eigenvalue weighted by Crippen LogP contribution is -1.93. The quantitative estimate of drug-likeness (QED) is 0.162. The summed E-state index contributed by atoms with van der Waals surface area (Å²) in [6, 6.07) is 14.3. The Morgan fingerprint density at radius 3 is 1.43 bits per heavy atom. The van der Waals surface area contributed by atoms with E-state index < -0.39 is 0 Å². The number of H-pyrrole nitrogens is 2. The lowest BCUT2D eigenvalue weighted by atomic mass is 9.94. The minimum atomic E-state index is 0.245. The Balaban J connectivity index is 1.78. The molecular formula is C42H50N4O. The zero-order valence-electron chi connectivity index (χ0n) is 29.5. The highest BCUT2D eigenvalue weighted by Gasteiger charge is 2.25. The molecule has 0 radical (unpaired) electrons. The van der Waals surface area contributed by atoms with Gasteiger partial charge in [0.15, 0.2) is 0 Å². The summed E-state index contributed by atoms with van der Waals surface area (Å²) in [6.45, 7) is 17.8. The summed E-state index contributed by atoms with van der Waals surface area (Å²) in [5, 5.41) is 10.2. The van der Waals surface area contributed by atoms with Crippen LogP contribution in [0.25, 0.3) is 55.5 Å². The van der Waals surface area contributed by atoms with E-state index in [-0.39, 0.29) is 5.75 Å². The van der Waals surface area contributed by atoms with Gasteiger partial charge in [0.05, 0.1) is 22.8 Å². The molecule has 0 atom stereocenters. The van der Waals surface area contributed by atoms with Crippen LogP contribution in [-0.2, 0) is 12.8 Å². The van der Waals surface area contributed by atoms with Crippen LogP contribution >= 0.6 is 0 Å². The number of benzene rings is 1. The molecule has 4 aromatic rings. The van der Waals surface area contributed by atoms with Crippen LogP contribution in [0.1, 0.15) is 125 Å². The molecule has 244 valence electrons. The summed E-state index contributed by atoms with van der Waals surface area (Å²) >= 11 is 0. The zero-order chi connectivity index (χ0) is 33.4. The summed E-state index contributed by atoms with van der Waals surface area (Å²) in [6.07, 6.45) is 9.30. The van der Waals surface area contributed by atoms with Gasteiger partial charge in [-0.2, -0.15) is 0 Å². The maximum Gasteiger partial charge on any atom is 0.115 e. The predicted octanol–water partition coefficient (Wildman–Crippen LogP) is 11.7. The highest BCUT2D eigenvalue weighted by molar-refractivity contribution is 6.01. The first-order valence-corrected chi connectivity index (χ1v) is 17.5. The van der Waals surface area contributed by atoms with Gasteiger partial charge in [0.1, 0.15) is 5.75 Å². The molecule has 5 nitrogen and oxygen atoms in total. The average molecular weight is 627 g/mol. The number of aromatic amines is 2. The molecule has 5 heterocycles. The van der Waals surface area contributed by atoms with Gasteiger partial charge in [0.25, 0.3) is 0 Å². The maximum absolute atomic E-state index is 10.2. The van der Waals surface area contributed by atoms with Crippen LogP contribution in [-0.4, -0.2) is 25.0 Å². The summed E-state index contributed by atoms with van der Waals surface area (Å²) in [4.78, 5) is 18.4. The van der Waals surface area contributed by atoms with E-state index in [0.717, 1.165) is 68.9 Å². The molecule has 3 N–H and O–H groups in total. The van der Waals surface area contributed by atoms with Crippen molar-refractivity contribution in [1.82, 2.24) is 19.9 Å². The van der Waals surface area contributed by atoms with Crippen molar-refractivity contribution in [2.75, 3.05) is 0 Å². The summed E-state index contributed by atoms with van der Waals surface area (Å²) in [5.41, 5.74) is 20.5. The number of unbranched alkanes of at least 4 members (excludes halogenated alkanes) is 4. The molecule has 5 heteroatoms. The molecule has 0 spiro atoms. The topological polar surface area (TPSA) is 77.6 Å². The molecule has 0 fully saturated rings. The van der Waals surface area contributed by atoms with E-state index >= 15 is 0 Å². The van der Waals surface area contributed by atoms with Crippen molar-refractivity contribution in [3.8, 4) is 16.9 Å². The van der Waals surface area contributed by atoms with Crippen LogP contribution < -0.4 is 0 Å². The number of aromatic hydroxyl groups is 1. The number of rotatable bonds is 9. The molecule has 2 aliphatic heterocycles. The van der Waals surface area contributed by atoms with Gasteiger partial charge in [-0.05, 0) is 148 Å². The van der Waals surface area contributed by atoms with Crippen LogP contribution in [0.15, 0.2) is 42.5 Å². The predicted molar refractivity (Wildman–Crippen MR) is 200 cm³/mol. The Morgan fingerprint density at radius 1 is 0.553 bits per heavy atom. The molecule has 47 heavy (non-hydrogen) atoms. The first-order valence-electron chi connectivity index (χ1n) is 17.5. The third-order valence-electron chi connectivity index (χ3n) is 10.5. The number of fused-ring (bicyclic) bond motifs is 8. The Morgan fingerprint density at radius 2 is 1.00 bits per heavy atom. The van der Waals surface area contributed by atoms with E-state index in [1.807, 2.05) is 12.1 Å². The normalized spacial score (nSPS) is 13.3. The van der Waals surface area contributed by atoms with Gasteiger partial charge in [0, 0.05) is 27.6 Å². The number of nitrogens with one attached hydrogen (secondary N) is 2. The van der Waals surface area contributed by atoms with Crippen molar-refractivity contribution in [2.24, 2.45) is 0 Å². The Labute approximate surface area is 279 Å². The zero-order valence-corrected chi connectivity index (χ0v) is 29.5. The van der Waals surface area contributed by atoms with Crippen molar-refractivity contribution in [1.29, 1.82) is 0 Å². The second kappa shape index (κ2) is 13.4. The molecule has 6 rings (SSSR count). The van der Waals surface area contributed by atoms with Crippen molar-refractivity contribution in [3.63, 3.8) is 0 Å². The summed E-state index contributed by atoms with van der Waals surface area (Å²) in [7, 11) is 0. The fraction of sp³-hybridized carbons (Fsp3) is 0.381. The number of phenols is 1. The van der Waals surface area contributed by atoms with Crippen molar-refractivity contribution in [2.45, 2.75) is 107 Å². The lowest BCUT2D eigenvalue weighted by molar-refractivity contribution is 0.475. The first-order chi connectivity index (χ1) is 22.6. The Bertz CT molecular complexity index is 1940. The average Bonchev–Trinajstić information content (AvgIpc) is 3.70. The third kappa shape index (κ3) is 6.08. The van der Waals surface area contributed by atoms with Crippen LogP contribution in [0.2, 0.25) is 0 Å². The lowest BCUT2D eigenvalue weighted by Gasteiger charge is -2.10. The van der Waals surface area contributed by atoms with Gasteiger partial charge in [-0.25, -0.2) is 9.97 Å². The standard InChI is InChI=1S/C42H50N4O/c1-9-11-13-15-32-28(7)36-21-34-24(3)26(5)41(45-34)40(30-17-19-31(47)20-18-30)42-27(6)25(4)35(46-42)22-37-29(8)33(16-14-12-10-2)39(44-37)23-38(32)43-36/h17-23,43-44,47H,9-16H2,1-8H3. The summed E-state index contributed by atoms with van der Waals surface area (Å²) in [5.74, 6) is 0.245. The second-order valence-corrected chi connectivity index (χ2v) is 13.6. The van der Waals surface area contributed by atoms with Gasteiger partial charge in [-0.15, -0.1) is 0 Å². The van der Waals surface area contributed by atoms with Crippen LogP contribution in [0.3, 0.4) is 0 Å². The largest absolute Gasteiger partial charge is 0.508 e. The maximum atomic E-state index is 10.2. The van der Waals surface area contributed by atoms with E-state index in [1.54, 1.807) is 12.1 Å². The van der Waals surface area contributed by atoms with Gasteiger partial charge in [0.2, 0.25) is 0 Å². The van der Waals surface area contributed by atoms with E-state index in [4.69, 9.17) is 9.97 Å². The SMILES string of the molecule is CCCCCc1c(C)c2cc3nc(c(-c4ccc(O)cc4)c4nc(cc5[nH]c(cc1[nH]2)c(CCCCC)c5C)C(C)=C4C)C(C)=C3C. The minimum Gasteiger partial charge on any atom is -0.508 e. The Hall–Kier alpha value is -4.38. The van der Waals surface area contributed by atoms with Gasteiger partial charge in [-0.1, -0.05) is 51.7 Å². The minimum absolute atomic E-state index is 0.245. The van der Waals surface area contributed by atoms with Crippen LogP contribution in [0.5, 0.6) is 5.75 Å². The van der Waals surface area contributed by atoms with E-state index in [9.17, 15) is 5.11 Å². The Kier molecular flexibility index (Phi) is 9.27. The van der Waals surface area contributed by atoms with Gasteiger partial charge < -0.3 is 15.1 Å². The fourth-order valence-electron chi connectivity index (χ4n) is 7.16. The molecular weight excluding hydrogens is 576 g/mol. The molecule has 0 saturated heterocycles. The number of hydrogen-bond acceptors (Lipinski definition) is 3. The monoisotopic (exact) mass is 626 g/mol. The van der Waals surface area contributed by atoms with Crippen LogP contribution in [0, 0.1) is 13.8 Å². The third-order valence-corrected chi connectivity index (χ3v) is 10.5. The number of hydrogen-bond donors (Lipinski definition) is 3. The van der Waals surface area contributed by atoms with Crippen molar-refractivity contribution >= 4 is 44.4 Å². The number of allylic oxidation sites excluding steroid dienone is 4. The van der Waals surface area contributed by atoms with Crippen LogP contribution in [0.4, 0.5) is 0 Å². The molecule has 2 aliphatic rings. The number of aromatic nitrogens is 4. The van der Waals surface area contributed by atoms with E-state index in [0.29, 0.717) is 0 Å². The second-order valence-electron chi connectivity index (χ2n) is 13.6. The highest BCUT2D eigenvalue weighted by Crippen LogP contribution is 2.42. The van der Waals surface area contributed by atoms with Gasteiger partial charge in [-0.3, -0.25) is 0 Å². The molecule has 1 aromatic carbocycles.